The van der Waals surface area contributed by atoms with Crippen molar-refractivity contribution in [3.8, 4) is 5.69 Å². The van der Waals surface area contributed by atoms with E-state index in [4.69, 9.17) is 0 Å². The van der Waals surface area contributed by atoms with E-state index in [0.717, 1.165) is 27.4 Å². The first-order chi connectivity index (χ1) is 13.2. The van der Waals surface area contributed by atoms with E-state index in [9.17, 15) is 4.79 Å². The van der Waals surface area contributed by atoms with Crippen LogP contribution in [0.3, 0.4) is 0 Å². The van der Waals surface area contributed by atoms with Gasteiger partial charge in [-0.3, -0.25) is 4.79 Å². The highest BCUT2D eigenvalue weighted by Crippen LogP contribution is 2.29. The SMILES string of the molecule is CC(Sc1ncnc2c1cnn2-c1ccccc1)C(=O)Nc1ccccc1. The summed E-state index contributed by atoms with van der Waals surface area (Å²) in [6, 6.07) is 19.2. The van der Waals surface area contributed by atoms with Crippen LogP contribution in [0.15, 0.2) is 78.2 Å². The van der Waals surface area contributed by atoms with Gasteiger partial charge in [-0.1, -0.05) is 48.2 Å². The molecule has 0 aliphatic carbocycles. The predicted molar refractivity (Wildman–Crippen MR) is 107 cm³/mol. The van der Waals surface area contributed by atoms with Crippen LogP contribution in [0, 0.1) is 0 Å². The summed E-state index contributed by atoms with van der Waals surface area (Å²) in [5.74, 6) is -0.0755. The van der Waals surface area contributed by atoms with Crippen LogP contribution in [0.2, 0.25) is 0 Å². The zero-order valence-corrected chi connectivity index (χ0v) is 15.4. The van der Waals surface area contributed by atoms with Crippen molar-refractivity contribution in [1.82, 2.24) is 19.7 Å². The molecule has 2 heterocycles. The van der Waals surface area contributed by atoms with Gasteiger partial charge in [0.1, 0.15) is 11.4 Å². The molecule has 0 aliphatic heterocycles. The van der Waals surface area contributed by atoms with Crippen LogP contribution in [0.25, 0.3) is 16.7 Å². The molecule has 2 aromatic heterocycles. The number of hydrogen-bond acceptors (Lipinski definition) is 5. The number of amides is 1. The lowest BCUT2D eigenvalue weighted by atomic mass is 10.3. The second-order valence-electron chi connectivity index (χ2n) is 5.92. The molecule has 1 amide bonds. The molecule has 0 fully saturated rings. The molecule has 7 heteroatoms. The third-order valence-electron chi connectivity index (χ3n) is 4.03. The first-order valence-corrected chi connectivity index (χ1v) is 9.37. The Kier molecular flexibility index (Phi) is 4.84. The van der Waals surface area contributed by atoms with E-state index in [1.807, 2.05) is 67.6 Å². The molecular formula is C20H17N5OS. The highest BCUT2D eigenvalue weighted by atomic mass is 32.2. The van der Waals surface area contributed by atoms with Crippen molar-refractivity contribution in [1.29, 1.82) is 0 Å². The number of para-hydroxylation sites is 2. The van der Waals surface area contributed by atoms with E-state index in [1.54, 1.807) is 10.9 Å². The molecule has 4 rings (SSSR count). The average Bonchev–Trinajstić information content (AvgIpc) is 3.14. The lowest BCUT2D eigenvalue weighted by molar-refractivity contribution is -0.115. The van der Waals surface area contributed by atoms with Gasteiger partial charge in [0.25, 0.3) is 0 Å². The summed E-state index contributed by atoms with van der Waals surface area (Å²) in [4.78, 5) is 21.2. The fourth-order valence-corrected chi connectivity index (χ4v) is 3.54. The number of carbonyl (C=O) groups excluding carboxylic acids is 1. The molecule has 2 aromatic carbocycles. The summed E-state index contributed by atoms with van der Waals surface area (Å²) < 4.78 is 1.77. The Labute approximate surface area is 160 Å². The van der Waals surface area contributed by atoms with Crippen LogP contribution in [0.4, 0.5) is 5.69 Å². The Hall–Kier alpha value is -3.19. The number of aromatic nitrogens is 4. The predicted octanol–water partition coefficient (Wildman–Crippen LogP) is 3.93. The Morgan fingerprint density at radius 1 is 1.04 bits per heavy atom. The van der Waals surface area contributed by atoms with Crippen LogP contribution >= 0.6 is 11.8 Å². The highest BCUT2D eigenvalue weighted by molar-refractivity contribution is 8.00. The zero-order chi connectivity index (χ0) is 18.6. The van der Waals surface area contributed by atoms with E-state index in [2.05, 4.69) is 20.4 Å². The zero-order valence-electron chi connectivity index (χ0n) is 14.6. The van der Waals surface area contributed by atoms with Crippen molar-refractivity contribution in [2.45, 2.75) is 17.2 Å². The third-order valence-corrected chi connectivity index (χ3v) is 5.15. The molecule has 1 unspecified atom stereocenters. The highest BCUT2D eigenvalue weighted by Gasteiger charge is 2.19. The van der Waals surface area contributed by atoms with Crippen LogP contribution in [-0.4, -0.2) is 30.9 Å². The molecule has 0 saturated carbocycles. The Morgan fingerprint density at radius 3 is 2.48 bits per heavy atom. The van der Waals surface area contributed by atoms with Gasteiger partial charge >= 0.3 is 0 Å². The van der Waals surface area contributed by atoms with Crippen LogP contribution in [0.1, 0.15) is 6.92 Å². The number of thioether (sulfide) groups is 1. The monoisotopic (exact) mass is 375 g/mol. The maximum absolute atomic E-state index is 12.5. The van der Waals surface area contributed by atoms with Gasteiger partial charge in [-0.05, 0) is 31.2 Å². The van der Waals surface area contributed by atoms with E-state index >= 15 is 0 Å². The summed E-state index contributed by atoms with van der Waals surface area (Å²) in [5, 5.41) is 8.61. The van der Waals surface area contributed by atoms with Gasteiger partial charge in [0.05, 0.1) is 22.5 Å². The summed E-state index contributed by atoms with van der Waals surface area (Å²) >= 11 is 1.39. The summed E-state index contributed by atoms with van der Waals surface area (Å²) in [7, 11) is 0. The molecule has 4 aromatic rings. The molecule has 6 nitrogen and oxygen atoms in total. The number of hydrogen-bond donors (Lipinski definition) is 1. The fraction of sp³-hybridized carbons (Fsp3) is 0.100. The second-order valence-corrected chi connectivity index (χ2v) is 7.25. The number of anilines is 1. The van der Waals surface area contributed by atoms with E-state index in [0.29, 0.717) is 0 Å². The van der Waals surface area contributed by atoms with E-state index in [1.165, 1.54) is 18.1 Å². The van der Waals surface area contributed by atoms with Crippen molar-refractivity contribution >= 4 is 34.4 Å². The standard InChI is InChI=1S/C20H17N5OS/c1-14(19(26)24-15-8-4-2-5-9-15)27-20-17-12-23-25(18(17)21-13-22-20)16-10-6-3-7-11-16/h2-14H,1H3,(H,24,26). The molecule has 0 radical (unpaired) electrons. The summed E-state index contributed by atoms with van der Waals surface area (Å²) in [6.45, 7) is 1.86. The molecule has 0 saturated heterocycles. The number of nitrogens with zero attached hydrogens (tertiary/aromatic N) is 4. The number of fused-ring (bicyclic) bond motifs is 1. The van der Waals surface area contributed by atoms with Gasteiger partial charge in [-0.25, -0.2) is 14.6 Å². The second kappa shape index (κ2) is 7.59. The van der Waals surface area contributed by atoms with Crippen LogP contribution in [0.5, 0.6) is 0 Å². The Balaban J connectivity index is 1.57. The van der Waals surface area contributed by atoms with Crippen molar-refractivity contribution in [2.24, 2.45) is 0 Å². The number of benzene rings is 2. The molecule has 134 valence electrons. The Morgan fingerprint density at radius 2 is 1.74 bits per heavy atom. The van der Waals surface area contributed by atoms with E-state index in [-0.39, 0.29) is 11.2 Å². The van der Waals surface area contributed by atoms with Gasteiger partial charge in [-0.2, -0.15) is 5.10 Å². The quantitative estimate of drug-likeness (QED) is 0.423. The maximum atomic E-state index is 12.5. The van der Waals surface area contributed by atoms with Gasteiger partial charge in [0.15, 0.2) is 5.65 Å². The van der Waals surface area contributed by atoms with Crippen molar-refractivity contribution in [3.05, 3.63) is 73.2 Å². The average molecular weight is 375 g/mol. The largest absolute Gasteiger partial charge is 0.325 e. The minimum Gasteiger partial charge on any atom is -0.325 e. The molecular weight excluding hydrogens is 358 g/mol. The van der Waals surface area contributed by atoms with Gasteiger partial charge in [0, 0.05) is 5.69 Å². The molecule has 0 bridgehead atoms. The smallest absolute Gasteiger partial charge is 0.237 e. The number of nitrogens with one attached hydrogen (secondary N) is 1. The molecule has 27 heavy (non-hydrogen) atoms. The molecule has 1 N–H and O–H groups in total. The third kappa shape index (κ3) is 3.68. The molecule has 0 aliphatic rings. The van der Waals surface area contributed by atoms with Gasteiger partial charge < -0.3 is 5.32 Å². The minimum atomic E-state index is -0.316. The Bertz CT molecular complexity index is 1070. The lowest BCUT2D eigenvalue weighted by Gasteiger charge is -2.12. The van der Waals surface area contributed by atoms with Crippen LogP contribution < -0.4 is 5.32 Å². The summed E-state index contributed by atoms with van der Waals surface area (Å²) in [5.41, 5.74) is 2.42. The maximum Gasteiger partial charge on any atom is 0.237 e. The topological polar surface area (TPSA) is 72.7 Å². The fourth-order valence-electron chi connectivity index (χ4n) is 2.66. The van der Waals surface area contributed by atoms with E-state index < -0.39 is 0 Å². The number of carbonyl (C=O) groups is 1. The minimum absolute atomic E-state index is 0.0755. The molecule has 0 spiro atoms. The van der Waals surface area contributed by atoms with Crippen molar-refractivity contribution in [2.75, 3.05) is 5.32 Å². The first kappa shape index (κ1) is 17.2. The first-order valence-electron chi connectivity index (χ1n) is 8.49. The van der Waals surface area contributed by atoms with Crippen molar-refractivity contribution in [3.63, 3.8) is 0 Å². The van der Waals surface area contributed by atoms with Gasteiger partial charge in [-0.15, -0.1) is 0 Å². The molecule has 1 atom stereocenters. The normalized spacial score (nSPS) is 12.0. The van der Waals surface area contributed by atoms with Crippen molar-refractivity contribution < 1.29 is 4.79 Å². The lowest BCUT2D eigenvalue weighted by Crippen LogP contribution is -2.22. The van der Waals surface area contributed by atoms with Gasteiger partial charge in [0.2, 0.25) is 5.91 Å². The summed E-state index contributed by atoms with van der Waals surface area (Å²) in [6.07, 6.45) is 3.25. The number of rotatable bonds is 5. The van der Waals surface area contributed by atoms with Crippen LogP contribution in [-0.2, 0) is 4.79 Å².